The molecule has 3 fully saturated rings. The van der Waals surface area contributed by atoms with Crippen LogP contribution < -0.4 is 10.6 Å². The van der Waals surface area contributed by atoms with Gasteiger partial charge in [0.1, 0.15) is 0 Å². The van der Waals surface area contributed by atoms with Crippen molar-refractivity contribution in [2.45, 2.75) is 44.7 Å². The predicted molar refractivity (Wildman–Crippen MR) is 93.4 cm³/mol. The summed E-state index contributed by atoms with van der Waals surface area (Å²) in [6, 6.07) is 2.64. The van der Waals surface area contributed by atoms with E-state index in [0.717, 1.165) is 45.6 Å². The summed E-state index contributed by atoms with van der Waals surface area (Å²) in [7, 11) is 0. The molecule has 4 rings (SSSR count). The van der Waals surface area contributed by atoms with Crippen molar-refractivity contribution in [1.29, 1.82) is 0 Å². The van der Waals surface area contributed by atoms with Crippen LogP contribution in [-0.4, -0.2) is 43.0 Å². The summed E-state index contributed by atoms with van der Waals surface area (Å²) in [5.41, 5.74) is 1.71. The first-order chi connectivity index (χ1) is 11.3. The zero-order chi connectivity index (χ0) is 15.7. The van der Waals surface area contributed by atoms with Crippen molar-refractivity contribution in [2.75, 3.05) is 26.2 Å². The fourth-order valence-electron chi connectivity index (χ4n) is 4.45. The predicted octanol–water partition coefficient (Wildman–Crippen LogP) is 2.22. The molecule has 0 radical (unpaired) electrons. The Labute approximate surface area is 142 Å². The Kier molecular flexibility index (Phi) is 4.43. The standard InChI is InChI=1S/C18H27N3OS/c22-17(15-2-1-6-20-11-15)21(12-14-3-9-23-13-14)16-10-18(16)4-7-19-8-5-18/h3,9,13,15-16,19-20H,1-2,4-8,10-12H2/t15-,16+/m1/s1. The number of piperidine rings is 2. The first-order valence-electron chi connectivity index (χ1n) is 9.01. The Balaban J connectivity index is 1.50. The molecule has 126 valence electrons. The van der Waals surface area contributed by atoms with Gasteiger partial charge < -0.3 is 15.5 Å². The van der Waals surface area contributed by atoms with Gasteiger partial charge in [0.05, 0.1) is 5.92 Å². The Bertz CT molecular complexity index is 532. The second kappa shape index (κ2) is 6.54. The zero-order valence-electron chi connectivity index (χ0n) is 13.7. The average molecular weight is 334 g/mol. The highest BCUT2D eigenvalue weighted by molar-refractivity contribution is 7.07. The molecule has 0 unspecified atom stereocenters. The molecule has 1 saturated carbocycles. The van der Waals surface area contributed by atoms with Gasteiger partial charge in [0, 0.05) is 19.1 Å². The molecule has 3 aliphatic rings. The van der Waals surface area contributed by atoms with E-state index in [1.807, 2.05) is 0 Å². The molecule has 1 spiro atoms. The van der Waals surface area contributed by atoms with Gasteiger partial charge in [-0.05, 0) is 79.5 Å². The monoisotopic (exact) mass is 333 g/mol. The molecule has 0 aromatic carbocycles. The van der Waals surface area contributed by atoms with E-state index in [1.54, 1.807) is 11.3 Å². The molecule has 2 aliphatic heterocycles. The summed E-state index contributed by atoms with van der Waals surface area (Å²) in [6.07, 6.45) is 5.85. The van der Waals surface area contributed by atoms with Gasteiger partial charge in [0.15, 0.2) is 0 Å². The maximum atomic E-state index is 13.2. The van der Waals surface area contributed by atoms with E-state index in [9.17, 15) is 4.79 Å². The van der Waals surface area contributed by atoms with Crippen LogP contribution in [0.15, 0.2) is 16.8 Å². The number of carbonyl (C=O) groups excluding carboxylic acids is 1. The fourth-order valence-corrected chi connectivity index (χ4v) is 5.11. The van der Waals surface area contributed by atoms with Crippen molar-refractivity contribution < 1.29 is 4.79 Å². The van der Waals surface area contributed by atoms with Gasteiger partial charge in [-0.15, -0.1) is 0 Å². The van der Waals surface area contributed by atoms with Crippen molar-refractivity contribution in [3.63, 3.8) is 0 Å². The van der Waals surface area contributed by atoms with Gasteiger partial charge in [-0.1, -0.05) is 0 Å². The lowest BCUT2D eigenvalue weighted by Gasteiger charge is -2.33. The van der Waals surface area contributed by atoms with Crippen molar-refractivity contribution in [2.24, 2.45) is 11.3 Å². The van der Waals surface area contributed by atoms with E-state index in [1.165, 1.54) is 24.8 Å². The molecular weight excluding hydrogens is 306 g/mol. The molecule has 2 N–H and O–H groups in total. The Hall–Kier alpha value is -0.910. The molecule has 23 heavy (non-hydrogen) atoms. The van der Waals surface area contributed by atoms with Gasteiger partial charge in [-0.2, -0.15) is 11.3 Å². The van der Waals surface area contributed by atoms with E-state index in [4.69, 9.17) is 0 Å². The Morgan fingerprint density at radius 2 is 2.17 bits per heavy atom. The Morgan fingerprint density at radius 1 is 1.30 bits per heavy atom. The second-order valence-corrected chi connectivity index (χ2v) is 8.25. The highest BCUT2D eigenvalue weighted by Crippen LogP contribution is 2.56. The van der Waals surface area contributed by atoms with Crippen LogP contribution >= 0.6 is 11.3 Å². The van der Waals surface area contributed by atoms with Crippen LogP contribution in [0.3, 0.4) is 0 Å². The quantitative estimate of drug-likeness (QED) is 0.888. The van der Waals surface area contributed by atoms with Gasteiger partial charge in [0.25, 0.3) is 0 Å². The lowest BCUT2D eigenvalue weighted by Crippen LogP contribution is -2.45. The van der Waals surface area contributed by atoms with E-state index in [-0.39, 0.29) is 5.92 Å². The minimum Gasteiger partial charge on any atom is -0.334 e. The first kappa shape index (κ1) is 15.6. The molecular formula is C18H27N3OS. The van der Waals surface area contributed by atoms with Crippen molar-refractivity contribution in [3.05, 3.63) is 22.4 Å². The molecule has 3 heterocycles. The largest absolute Gasteiger partial charge is 0.334 e. The molecule has 4 nitrogen and oxygen atoms in total. The zero-order valence-corrected chi connectivity index (χ0v) is 14.5. The number of nitrogens with one attached hydrogen (secondary N) is 2. The third-order valence-corrected chi connectivity index (χ3v) is 6.72. The van der Waals surface area contributed by atoms with Crippen LogP contribution in [0.1, 0.15) is 37.7 Å². The summed E-state index contributed by atoms with van der Waals surface area (Å²) in [4.78, 5) is 15.4. The number of hydrogen-bond donors (Lipinski definition) is 2. The van der Waals surface area contributed by atoms with Crippen LogP contribution in [0.2, 0.25) is 0 Å². The number of hydrogen-bond acceptors (Lipinski definition) is 4. The minimum atomic E-state index is 0.182. The summed E-state index contributed by atoms with van der Waals surface area (Å²) < 4.78 is 0. The molecule has 1 aliphatic carbocycles. The van der Waals surface area contributed by atoms with Crippen LogP contribution in [-0.2, 0) is 11.3 Å². The molecule has 1 aromatic rings. The maximum Gasteiger partial charge on any atom is 0.227 e. The molecule has 1 aromatic heterocycles. The highest BCUT2D eigenvalue weighted by Gasteiger charge is 2.58. The van der Waals surface area contributed by atoms with Gasteiger partial charge in [-0.3, -0.25) is 4.79 Å². The summed E-state index contributed by atoms with van der Waals surface area (Å²) in [5, 5.41) is 11.2. The molecule has 2 saturated heterocycles. The van der Waals surface area contributed by atoms with Crippen molar-refractivity contribution in [1.82, 2.24) is 15.5 Å². The van der Waals surface area contributed by atoms with Crippen molar-refractivity contribution >= 4 is 17.2 Å². The van der Waals surface area contributed by atoms with E-state index in [2.05, 4.69) is 32.4 Å². The smallest absolute Gasteiger partial charge is 0.227 e. The number of thiophene rings is 1. The number of amides is 1. The third kappa shape index (κ3) is 3.19. The maximum absolute atomic E-state index is 13.2. The number of rotatable bonds is 4. The molecule has 1 amide bonds. The minimum absolute atomic E-state index is 0.182. The van der Waals surface area contributed by atoms with E-state index >= 15 is 0 Å². The van der Waals surface area contributed by atoms with Crippen LogP contribution in [0, 0.1) is 11.3 Å². The van der Waals surface area contributed by atoms with Gasteiger partial charge in [-0.25, -0.2) is 0 Å². The van der Waals surface area contributed by atoms with Crippen LogP contribution in [0.4, 0.5) is 0 Å². The number of nitrogens with zero attached hydrogens (tertiary/aromatic N) is 1. The van der Waals surface area contributed by atoms with Crippen molar-refractivity contribution in [3.8, 4) is 0 Å². The molecule has 0 bridgehead atoms. The summed E-state index contributed by atoms with van der Waals surface area (Å²) in [5.74, 6) is 0.575. The SMILES string of the molecule is O=C([C@@H]1CCCNC1)N(Cc1ccsc1)[C@H]1CC12CCNCC2. The molecule has 2 atom stereocenters. The second-order valence-electron chi connectivity index (χ2n) is 7.47. The third-order valence-electron chi connectivity index (χ3n) is 5.98. The van der Waals surface area contributed by atoms with E-state index < -0.39 is 0 Å². The van der Waals surface area contributed by atoms with E-state index in [0.29, 0.717) is 17.4 Å². The average Bonchev–Trinajstić information content (AvgIpc) is 3.04. The fraction of sp³-hybridized carbons (Fsp3) is 0.722. The van der Waals surface area contributed by atoms with Gasteiger partial charge >= 0.3 is 0 Å². The van der Waals surface area contributed by atoms with Gasteiger partial charge in [0.2, 0.25) is 5.91 Å². The summed E-state index contributed by atoms with van der Waals surface area (Å²) in [6.45, 7) is 4.95. The highest BCUT2D eigenvalue weighted by atomic mass is 32.1. The lowest BCUT2D eigenvalue weighted by molar-refractivity contribution is -0.138. The summed E-state index contributed by atoms with van der Waals surface area (Å²) >= 11 is 1.73. The number of carbonyl (C=O) groups is 1. The topological polar surface area (TPSA) is 44.4 Å². The lowest BCUT2D eigenvalue weighted by atomic mass is 9.92. The molecule has 5 heteroatoms. The Morgan fingerprint density at radius 3 is 2.87 bits per heavy atom. The van der Waals surface area contributed by atoms with Crippen LogP contribution in [0.5, 0.6) is 0 Å². The normalized spacial score (nSPS) is 29.4. The first-order valence-corrected chi connectivity index (χ1v) is 9.96. The van der Waals surface area contributed by atoms with Crippen LogP contribution in [0.25, 0.3) is 0 Å².